The summed E-state index contributed by atoms with van der Waals surface area (Å²) in [6.07, 6.45) is -0.825. The minimum Gasteiger partial charge on any atom is -0.481 e. The number of carbonyl (C=O) groups is 3. The fraction of sp³-hybridized carbons (Fsp3) is 0.250. The summed E-state index contributed by atoms with van der Waals surface area (Å²) in [7, 11) is 0. The highest BCUT2D eigenvalue weighted by Gasteiger charge is 2.29. The van der Waals surface area contributed by atoms with Gasteiger partial charge in [0.05, 0.1) is 13.0 Å². The number of carbonyl (C=O) groups excluding carboxylic acids is 2. The van der Waals surface area contributed by atoms with E-state index in [9.17, 15) is 14.4 Å². The normalized spacial score (nSPS) is 13.0. The van der Waals surface area contributed by atoms with Crippen molar-refractivity contribution < 1.29 is 28.8 Å². The van der Waals surface area contributed by atoms with E-state index in [1.807, 2.05) is 36.4 Å². The van der Waals surface area contributed by atoms with E-state index in [4.69, 9.17) is 14.4 Å². The lowest BCUT2D eigenvalue weighted by Gasteiger charge is -2.14. The zero-order valence-electron chi connectivity index (χ0n) is 17.9. The van der Waals surface area contributed by atoms with Crippen molar-refractivity contribution in [3.05, 3.63) is 77.2 Å². The molecule has 3 N–H and O–H groups in total. The van der Waals surface area contributed by atoms with Gasteiger partial charge in [0.25, 0.3) is 5.91 Å². The molecule has 1 aliphatic rings. The summed E-state index contributed by atoms with van der Waals surface area (Å²) in [5.74, 6) is -1.35. The van der Waals surface area contributed by atoms with Gasteiger partial charge < -0.3 is 25.0 Å². The molecule has 1 aromatic heterocycles. The first kappa shape index (κ1) is 22.1. The van der Waals surface area contributed by atoms with Crippen LogP contribution in [0.2, 0.25) is 0 Å². The molecule has 1 heterocycles. The molecule has 0 unspecified atom stereocenters. The van der Waals surface area contributed by atoms with E-state index in [1.54, 1.807) is 6.92 Å². The van der Waals surface area contributed by atoms with Crippen LogP contribution in [0, 0.1) is 0 Å². The molecule has 9 nitrogen and oxygen atoms in total. The Hall–Kier alpha value is -4.14. The number of aromatic nitrogens is 1. The van der Waals surface area contributed by atoms with Gasteiger partial charge in [0.15, 0.2) is 11.5 Å². The van der Waals surface area contributed by atoms with Gasteiger partial charge in [-0.2, -0.15) is 0 Å². The molecule has 170 valence electrons. The van der Waals surface area contributed by atoms with Crippen molar-refractivity contribution in [1.29, 1.82) is 0 Å². The largest absolute Gasteiger partial charge is 0.481 e. The van der Waals surface area contributed by atoms with Gasteiger partial charge in [0.1, 0.15) is 6.61 Å². The molecule has 4 rings (SSSR count). The highest BCUT2D eigenvalue weighted by Crippen LogP contribution is 2.44. The summed E-state index contributed by atoms with van der Waals surface area (Å²) < 4.78 is 10.5. The van der Waals surface area contributed by atoms with Crippen LogP contribution in [0.1, 0.15) is 46.6 Å². The molecular formula is C24H23N3O6. The Balaban J connectivity index is 1.30. The summed E-state index contributed by atoms with van der Waals surface area (Å²) in [5, 5.41) is 17.5. The van der Waals surface area contributed by atoms with Crippen molar-refractivity contribution in [3.8, 4) is 11.1 Å². The van der Waals surface area contributed by atoms with Crippen LogP contribution in [-0.4, -0.2) is 40.9 Å². The minimum atomic E-state index is -1.02. The monoisotopic (exact) mass is 449 g/mol. The number of carboxylic acid groups (broad SMARTS) is 1. The van der Waals surface area contributed by atoms with E-state index in [2.05, 4.69) is 27.9 Å². The number of hydrogen-bond donors (Lipinski definition) is 3. The highest BCUT2D eigenvalue weighted by atomic mass is 16.5. The fourth-order valence-corrected chi connectivity index (χ4v) is 3.92. The van der Waals surface area contributed by atoms with Crippen LogP contribution in [0.25, 0.3) is 11.1 Å². The van der Waals surface area contributed by atoms with Crippen LogP contribution in [0.15, 0.2) is 59.1 Å². The number of rotatable bonds is 8. The molecule has 9 heteroatoms. The molecule has 0 saturated heterocycles. The molecule has 0 bridgehead atoms. The molecule has 1 aliphatic carbocycles. The quantitative estimate of drug-likeness (QED) is 0.481. The number of carboxylic acids is 1. The van der Waals surface area contributed by atoms with Crippen LogP contribution in [0.4, 0.5) is 4.79 Å². The molecule has 0 saturated carbocycles. The summed E-state index contributed by atoms with van der Waals surface area (Å²) in [4.78, 5) is 35.1. The Kier molecular flexibility index (Phi) is 6.39. The van der Waals surface area contributed by atoms with Gasteiger partial charge in [-0.15, -0.1) is 0 Å². The maximum atomic E-state index is 12.3. The molecule has 0 spiro atoms. The zero-order valence-corrected chi connectivity index (χ0v) is 17.9. The smallest absolute Gasteiger partial charge is 0.407 e. The lowest BCUT2D eigenvalue weighted by molar-refractivity contribution is -0.137. The van der Waals surface area contributed by atoms with E-state index < -0.39 is 24.0 Å². The number of benzene rings is 2. The lowest BCUT2D eigenvalue weighted by Crippen LogP contribution is -2.34. The Morgan fingerprint density at radius 3 is 2.36 bits per heavy atom. The third-order valence-electron chi connectivity index (χ3n) is 5.40. The highest BCUT2D eigenvalue weighted by molar-refractivity contribution is 5.92. The first-order valence-corrected chi connectivity index (χ1v) is 10.5. The Labute approximate surface area is 189 Å². The fourth-order valence-electron chi connectivity index (χ4n) is 3.92. The number of nitrogens with one attached hydrogen (secondary N) is 2. The summed E-state index contributed by atoms with van der Waals surface area (Å²) in [6.45, 7) is 1.75. The van der Waals surface area contributed by atoms with Crippen LogP contribution < -0.4 is 10.6 Å². The average molecular weight is 449 g/mol. The van der Waals surface area contributed by atoms with E-state index in [0.29, 0.717) is 0 Å². The van der Waals surface area contributed by atoms with Crippen molar-refractivity contribution in [3.63, 3.8) is 0 Å². The number of alkyl carbamates (subject to hydrolysis) is 1. The SMILES string of the molecule is C[C@@H](CC(=O)O)NC(=O)c1cc(CNC(=O)OCC2c3ccccc3-c3ccccc32)on1. The average Bonchev–Trinajstić information content (AvgIpc) is 3.39. The molecule has 1 atom stereocenters. The summed E-state index contributed by atoms with van der Waals surface area (Å²) >= 11 is 0. The predicted molar refractivity (Wildman–Crippen MR) is 118 cm³/mol. The second-order valence-electron chi connectivity index (χ2n) is 7.83. The van der Waals surface area contributed by atoms with Gasteiger partial charge in [0, 0.05) is 18.0 Å². The van der Waals surface area contributed by atoms with Crippen molar-refractivity contribution in [2.75, 3.05) is 6.61 Å². The van der Waals surface area contributed by atoms with Crippen molar-refractivity contribution in [2.45, 2.75) is 31.8 Å². The van der Waals surface area contributed by atoms with Gasteiger partial charge >= 0.3 is 12.1 Å². The molecule has 0 radical (unpaired) electrons. The molecular weight excluding hydrogens is 426 g/mol. The number of amides is 2. The van der Waals surface area contributed by atoms with Gasteiger partial charge in [0.2, 0.25) is 0 Å². The summed E-state index contributed by atoms with van der Waals surface area (Å²) in [5.41, 5.74) is 4.53. The second kappa shape index (κ2) is 9.56. The topological polar surface area (TPSA) is 131 Å². The Morgan fingerprint density at radius 1 is 1.09 bits per heavy atom. The first-order chi connectivity index (χ1) is 15.9. The number of fused-ring (bicyclic) bond motifs is 3. The van der Waals surface area contributed by atoms with Crippen LogP contribution in [0.5, 0.6) is 0 Å². The molecule has 3 aromatic rings. The zero-order chi connectivity index (χ0) is 23.4. The van der Waals surface area contributed by atoms with Gasteiger partial charge in [-0.3, -0.25) is 9.59 Å². The third kappa shape index (κ3) is 5.03. The van der Waals surface area contributed by atoms with E-state index in [-0.39, 0.29) is 36.9 Å². The first-order valence-electron chi connectivity index (χ1n) is 10.5. The minimum absolute atomic E-state index is 0.00317. The second-order valence-corrected chi connectivity index (χ2v) is 7.83. The molecule has 2 amide bonds. The van der Waals surface area contributed by atoms with Crippen molar-refractivity contribution in [2.24, 2.45) is 0 Å². The van der Waals surface area contributed by atoms with E-state index >= 15 is 0 Å². The van der Waals surface area contributed by atoms with Crippen LogP contribution >= 0.6 is 0 Å². The number of nitrogens with zero attached hydrogens (tertiary/aromatic N) is 1. The number of hydrogen-bond acceptors (Lipinski definition) is 6. The van der Waals surface area contributed by atoms with E-state index in [0.717, 1.165) is 22.3 Å². The van der Waals surface area contributed by atoms with Crippen LogP contribution in [0.3, 0.4) is 0 Å². The maximum absolute atomic E-state index is 12.3. The predicted octanol–water partition coefficient (Wildman–Crippen LogP) is 3.31. The molecule has 2 aromatic carbocycles. The maximum Gasteiger partial charge on any atom is 0.407 e. The number of ether oxygens (including phenoxy) is 1. The lowest BCUT2D eigenvalue weighted by atomic mass is 9.98. The van der Waals surface area contributed by atoms with Crippen LogP contribution in [-0.2, 0) is 16.1 Å². The summed E-state index contributed by atoms with van der Waals surface area (Å²) in [6, 6.07) is 17.0. The Morgan fingerprint density at radius 2 is 1.73 bits per heavy atom. The van der Waals surface area contributed by atoms with Gasteiger partial charge in [-0.05, 0) is 29.2 Å². The van der Waals surface area contributed by atoms with Crippen molar-refractivity contribution in [1.82, 2.24) is 15.8 Å². The van der Waals surface area contributed by atoms with E-state index in [1.165, 1.54) is 6.07 Å². The van der Waals surface area contributed by atoms with Crippen molar-refractivity contribution >= 4 is 18.0 Å². The molecule has 0 fully saturated rings. The standard InChI is InChI=1S/C24H23N3O6/c1-14(10-22(28)29)26-23(30)21-11-15(33-27-21)12-25-24(31)32-13-20-18-8-4-2-6-16(18)17-7-3-5-9-19(17)20/h2-9,11,14,20H,10,12-13H2,1H3,(H,25,31)(H,26,30)(H,28,29)/t14-/m0/s1. The van der Waals surface area contributed by atoms with Gasteiger partial charge in [-0.1, -0.05) is 53.7 Å². The Bertz CT molecular complexity index is 1140. The van der Waals surface area contributed by atoms with Gasteiger partial charge in [-0.25, -0.2) is 4.79 Å². The third-order valence-corrected chi connectivity index (χ3v) is 5.40. The number of aliphatic carboxylic acids is 1. The molecule has 0 aliphatic heterocycles. The molecule has 33 heavy (non-hydrogen) atoms.